The fraction of sp³-hybridized carbons (Fsp3) is 0.500. The Morgan fingerprint density at radius 3 is 2.83 bits per heavy atom. The highest BCUT2D eigenvalue weighted by Crippen LogP contribution is 2.40. The average Bonchev–Trinajstić information content (AvgIpc) is 2.33. The quantitative estimate of drug-likeness (QED) is 0.507. The molecule has 2 aliphatic rings. The molecular formula is C10H12N2O5S. The van der Waals surface area contributed by atoms with Gasteiger partial charge in [-0.15, -0.1) is 0 Å². The van der Waals surface area contributed by atoms with Gasteiger partial charge in [-0.05, 0) is 0 Å². The maximum absolute atomic E-state index is 11.5. The van der Waals surface area contributed by atoms with Crippen molar-refractivity contribution in [2.24, 2.45) is 5.73 Å². The molecule has 1 unspecified atom stereocenters. The Bertz CT molecular complexity index is 461. The van der Waals surface area contributed by atoms with Crippen LogP contribution in [0.1, 0.15) is 6.92 Å². The molecule has 8 heteroatoms. The lowest BCUT2D eigenvalue weighted by atomic mass is 10.1. The van der Waals surface area contributed by atoms with Crippen molar-refractivity contribution in [3.05, 3.63) is 10.5 Å². The summed E-state index contributed by atoms with van der Waals surface area (Å²) in [4.78, 5) is 34.9. The van der Waals surface area contributed by atoms with E-state index < -0.39 is 18.0 Å². The van der Waals surface area contributed by atoms with Crippen molar-refractivity contribution in [3.8, 4) is 0 Å². The number of fused-ring (bicyclic) bond motifs is 1. The van der Waals surface area contributed by atoms with Gasteiger partial charge in [-0.1, -0.05) is 11.8 Å². The molecule has 0 bridgehead atoms. The molecule has 0 aliphatic carbocycles. The summed E-state index contributed by atoms with van der Waals surface area (Å²) < 4.78 is 4.79. The van der Waals surface area contributed by atoms with E-state index in [2.05, 4.69) is 0 Å². The summed E-state index contributed by atoms with van der Waals surface area (Å²) in [6.07, 6.45) is 0. The largest absolute Gasteiger partial charge is 0.477 e. The third-order valence-electron chi connectivity index (χ3n) is 2.75. The minimum absolute atomic E-state index is 0.112. The topological polar surface area (TPSA) is 110 Å². The minimum Gasteiger partial charge on any atom is -0.477 e. The number of carbonyl (C=O) groups excluding carboxylic acids is 2. The van der Waals surface area contributed by atoms with Crippen LogP contribution in [0, 0.1) is 0 Å². The lowest BCUT2D eigenvalue weighted by Crippen LogP contribution is -2.68. The maximum atomic E-state index is 11.5. The summed E-state index contributed by atoms with van der Waals surface area (Å²) in [5.41, 5.74) is 6.01. The van der Waals surface area contributed by atoms with E-state index in [9.17, 15) is 14.4 Å². The van der Waals surface area contributed by atoms with Crippen molar-refractivity contribution in [2.45, 2.75) is 18.3 Å². The Morgan fingerprint density at radius 2 is 2.28 bits per heavy atom. The van der Waals surface area contributed by atoms with Gasteiger partial charge in [0.2, 0.25) is 5.91 Å². The molecule has 1 saturated heterocycles. The second kappa shape index (κ2) is 4.62. The number of ether oxygens (including phenoxy) is 1. The molecule has 2 heterocycles. The fourth-order valence-corrected chi connectivity index (χ4v) is 3.04. The van der Waals surface area contributed by atoms with Gasteiger partial charge >= 0.3 is 11.9 Å². The second-order valence-corrected chi connectivity index (χ2v) is 5.15. The van der Waals surface area contributed by atoms with Crippen LogP contribution in [-0.2, 0) is 19.1 Å². The first-order valence-electron chi connectivity index (χ1n) is 5.23. The molecule has 1 fully saturated rings. The number of nitrogens with two attached hydrogens (primary N) is 1. The Balaban J connectivity index is 2.18. The van der Waals surface area contributed by atoms with Crippen molar-refractivity contribution in [1.29, 1.82) is 0 Å². The zero-order chi connectivity index (χ0) is 13.4. The van der Waals surface area contributed by atoms with Gasteiger partial charge in [-0.2, -0.15) is 0 Å². The highest BCUT2D eigenvalue weighted by molar-refractivity contribution is 8.04. The number of carboxylic acids is 1. The van der Waals surface area contributed by atoms with E-state index >= 15 is 0 Å². The van der Waals surface area contributed by atoms with Gasteiger partial charge in [0.15, 0.2) is 0 Å². The van der Waals surface area contributed by atoms with E-state index in [-0.39, 0.29) is 29.3 Å². The Hall–Kier alpha value is -1.54. The molecule has 98 valence electrons. The summed E-state index contributed by atoms with van der Waals surface area (Å²) in [5, 5.41) is 8.76. The zero-order valence-electron chi connectivity index (χ0n) is 9.58. The molecule has 0 aromatic heterocycles. The number of carboxylic acid groups (broad SMARTS) is 1. The fourth-order valence-electron chi connectivity index (χ4n) is 1.84. The highest BCUT2D eigenvalue weighted by atomic mass is 32.2. The van der Waals surface area contributed by atoms with Crippen molar-refractivity contribution in [2.75, 3.05) is 13.2 Å². The number of esters is 1. The van der Waals surface area contributed by atoms with Gasteiger partial charge in [0.25, 0.3) is 0 Å². The number of hydrogen-bond donors (Lipinski definition) is 2. The number of β-lactam (4-membered cyclic amide) rings is 1. The monoisotopic (exact) mass is 272 g/mol. The van der Waals surface area contributed by atoms with Crippen LogP contribution in [0.4, 0.5) is 0 Å². The van der Waals surface area contributed by atoms with Gasteiger partial charge in [-0.3, -0.25) is 9.59 Å². The van der Waals surface area contributed by atoms with E-state index in [1.807, 2.05) is 0 Å². The third kappa shape index (κ3) is 2.08. The molecular weight excluding hydrogens is 260 g/mol. The summed E-state index contributed by atoms with van der Waals surface area (Å²) in [6, 6.07) is -0.653. The Kier molecular flexibility index (Phi) is 3.31. The van der Waals surface area contributed by atoms with Gasteiger partial charge in [0, 0.05) is 19.0 Å². The van der Waals surface area contributed by atoms with E-state index in [1.54, 1.807) is 0 Å². The van der Waals surface area contributed by atoms with Crippen LogP contribution in [0.3, 0.4) is 0 Å². The average molecular weight is 272 g/mol. The first kappa shape index (κ1) is 12.9. The summed E-state index contributed by atoms with van der Waals surface area (Å²) in [7, 11) is 0. The third-order valence-corrected chi connectivity index (χ3v) is 4.24. The van der Waals surface area contributed by atoms with E-state index in [0.717, 1.165) is 11.8 Å². The molecule has 0 aromatic rings. The smallest absolute Gasteiger partial charge is 0.342 e. The van der Waals surface area contributed by atoms with Crippen molar-refractivity contribution >= 4 is 29.6 Å². The van der Waals surface area contributed by atoms with Crippen LogP contribution >= 0.6 is 11.8 Å². The number of thioether (sulfide) groups is 1. The van der Waals surface area contributed by atoms with Crippen LogP contribution in [-0.4, -0.2) is 52.4 Å². The molecule has 18 heavy (non-hydrogen) atoms. The van der Waals surface area contributed by atoms with E-state index in [1.165, 1.54) is 11.8 Å². The lowest BCUT2D eigenvalue weighted by molar-refractivity contribution is -0.144. The first-order valence-corrected chi connectivity index (χ1v) is 6.11. The van der Waals surface area contributed by atoms with Gasteiger partial charge in [0.1, 0.15) is 18.0 Å². The number of amides is 1. The predicted octanol–water partition coefficient (Wildman–Crippen LogP) is -0.869. The SMILES string of the molecule is CC(=O)OCC1=C(C(=O)O)S[C@@H]2C(N)C(=O)N2C1. The van der Waals surface area contributed by atoms with Crippen molar-refractivity contribution < 1.29 is 24.2 Å². The van der Waals surface area contributed by atoms with Crippen LogP contribution in [0.25, 0.3) is 0 Å². The maximum Gasteiger partial charge on any atom is 0.342 e. The van der Waals surface area contributed by atoms with Gasteiger partial charge < -0.3 is 20.5 Å². The molecule has 2 atom stereocenters. The van der Waals surface area contributed by atoms with Crippen molar-refractivity contribution in [3.63, 3.8) is 0 Å². The molecule has 0 spiro atoms. The number of nitrogens with zero attached hydrogens (tertiary/aromatic N) is 1. The zero-order valence-corrected chi connectivity index (χ0v) is 10.4. The first-order chi connectivity index (χ1) is 8.41. The van der Waals surface area contributed by atoms with Crippen molar-refractivity contribution in [1.82, 2.24) is 4.90 Å². The van der Waals surface area contributed by atoms with Gasteiger partial charge in [0.05, 0.1) is 4.91 Å². The number of rotatable bonds is 3. The Labute approximate surface area is 107 Å². The summed E-state index contributed by atoms with van der Waals surface area (Å²) >= 11 is 1.03. The molecule has 0 radical (unpaired) electrons. The highest BCUT2D eigenvalue weighted by Gasteiger charge is 2.49. The lowest BCUT2D eigenvalue weighted by Gasteiger charge is -2.47. The molecule has 2 aliphatic heterocycles. The minimum atomic E-state index is -1.09. The van der Waals surface area contributed by atoms with Crippen LogP contribution in [0.5, 0.6) is 0 Å². The molecule has 7 nitrogen and oxygen atoms in total. The Morgan fingerprint density at radius 1 is 1.61 bits per heavy atom. The molecule has 0 saturated carbocycles. The van der Waals surface area contributed by atoms with Crippen LogP contribution in [0.15, 0.2) is 10.5 Å². The van der Waals surface area contributed by atoms with Gasteiger partial charge in [-0.25, -0.2) is 4.79 Å². The molecule has 0 aromatic carbocycles. The van der Waals surface area contributed by atoms with Crippen LogP contribution < -0.4 is 5.73 Å². The molecule has 2 rings (SSSR count). The number of hydrogen-bond acceptors (Lipinski definition) is 6. The predicted molar refractivity (Wildman–Crippen MR) is 62.4 cm³/mol. The normalized spacial score (nSPS) is 26.6. The second-order valence-electron chi connectivity index (χ2n) is 4.02. The van der Waals surface area contributed by atoms with E-state index in [0.29, 0.717) is 5.57 Å². The summed E-state index contributed by atoms with van der Waals surface area (Å²) in [6.45, 7) is 1.28. The standard InChI is InChI=1S/C10H12N2O5S/c1-4(13)17-3-5-2-12-8(14)6(11)9(12)18-7(5)10(15)16/h6,9H,2-3,11H2,1H3,(H,15,16)/t6?,9-/m1/s1. The molecule has 1 amide bonds. The van der Waals surface area contributed by atoms with E-state index in [4.69, 9.17) is 15.6 Å². The van der Waals surface area contributed by atoms with Crippen LogP contribution in [0.2, 0.25) is 0 Å². The number of carbonyl (C=O) groups is 3. The summed E-state index contributed by atoms with van der Waals surface area (Å²) in [5.74, 6) is -1.79. The number of aliphatic carboxylic acids is 1. The molecule has 3 N–H and O–H groups in total.